The van der Waals surface area contributed by atoms with Crippen LogP contribution < -0.4 is 5.49 Å². The van der Waals surface area contributed by atoms with Gasteiger partial charge in [0.15, 0.2) is 0 Å². The van der Waals surface area contributed by atoms with Crippen molar-refractivity contribution in [2.75, 3.05) is 0 Å². The summed E-state index contributed by atoms with van der Waals surface area (Å²) in [6.45, 7) is 1.83. The highest BCUT2D eigenvalue weighted by atomic mass is 19.1. The van der Waals surface area contributed by atoms with Crippen LogP contribution in [0, 0.1) is 18.2 Å². The van der Waals surface area contributed by atoms with Gasteiger partial charge in [-0.05, 0) is 60.0 Å². The summed E-state index contributed by atoms with van der Waals surface area (Å²) in [6.07, 6.45) is 0. The van der Waals surface area contributed by atoms with Gasteiger partial charge in [-0.3, -0.25) is 5.41 Å². The van der Waals surface area contributed by atoms with Crippen molar-refractivity contribution < 1.29 is 9.50 Å². The zero-order valence-corrected chi connectivity index (χ0v) is 12.0. The maximum absolute atomic E-state index is 13.1. The molecule has 1 aromatic heterocycles. The molecule has 0 aliphatic carbocycles. The molecule has 3 N–H and O–H groups in total. The number of rotatable bonds is 2. The molecule has 4 heteroatoms. The first-order chi connectivity index (χ1) is 10.6. The third-order valence-electron chi connectivity index (χ3n) is 3.68. The first-order valence-corrected chi connectivity index (χ1v) is 6.89. The quantitative estimate of drug-likeness (QED) is 0.657. The van der Waals surface area contributed by atoms with Crippen molar-refractivity contribution in [1.82, 2.24) is 4.98 Å². The highest BCUT2D eigenvalue weighted by Crippen LogP contribution is 2.31. The molecule has 0 saturated carbocycles. The Hall–Kier alpha value is -2.88. The summed E-state index contributed by atoms with van der Waals surface area (Å²) in [6, 6.07) is 15.0. The summed E-state index contributed by atoms with van der Waals surface area (Å²) in [5.41, 5.74) is 3.94. The van der Waals surface area contributed by atoms with E-state index in [1.165, 1.54) is 12.1 Å². The normalized spacial score (nSPS) is 10.6. The van der Waals surface area contributed by atoms with Crippen molar-refractivity contribution in [2.24, 2.45) is 0 Å². The Morgan fingerprint density at radius 2 is 1.68 bits per heavy atom. The molecule has 0 amide bonds. The van der Waals surface area contributed by atoms with Crippen LogP contribution in [0.15, 0.2) is 54.6 Å². The van der Waals surface area contributed by atoms with E-state index in [4.69, 9.17) is 5.41 Å². The number of pyridine rings is 1. The van der Waals surface area contributed by atoms with Crippen molar-refractivity contribution in [2.45, 2.75) is 6.92 Å². The molecule has 110 valence electrons. The smallest absolute Gasteiger partial charge is 0.126 e. The largest absolute Gasteiger partial charge is 0.507 e. The van der Waals surface area contributed by atoms with Crippen molar-refractivity contribution in [1.29, 1.82) is 5.41 Å². The molecule has 0 atom stereocenters. The van der Waals surface area contributed by atoms with Gasteiger partial charge in [0.25, 0.3) is 0 Å². The fourth-order valence-electron chi connectivity index (χ4n) is 2.42. The van der Waals surface area contributed by atoms with Gasteiger partial charge in [-0.1, -0.05) is 18.2 Å². The van der Waals surface area contributed by atoms with Gasteiger partial charge in [-0.15, -0.1) is 0 Å². The lowest BCUT2D eigenvalue weighted by molar-refractivity contribution is 0.477. The van der Waals surface area contributed by atoms with Gasteiger partial charge in [0, 0.05) is 11.3 Å². The number of H-pyrrole nitrogens is 1. The Bertz CT molecular complexity index is 882. The van der Waals surface area contributed by atoms with Crippen molar-refractivity contribution in [3.63, 3.8) is 0 Å². The van der Waals surface area contributed by atoms with E-state index in [2.05, 4.69) is 4.98 Å². The molecule has 0 fully saturated rings. The molecule has 0 aliphatic heterocycles. The average Bonchev–Trinajstić information content (AvgIpc) is 2.51. The van der Waals surface area contributed by atoms with Gasteiger partial charge in [0.2, 0.25) is 0 Å². The summed E-state index contributed by atoms with van der Waals surface area (Å²) >= 11 is 0. The van der Waals surface area contributed by atoms with Gasteiger partial charge >= 0.3 is 0 Å². The lowest BCUT2D eigenvalue weighted by Crippen LogP contribution is -2.12. The minimum atomic E-state index is -0.303. The lowest BCUT2D eigenvalue weighted by atomic mass is 9.98. The van der Waals surface area contributed by atoms with E-state index in [9.17, 15) is 9.50 Å². The number of benzene rings is 2. The summed E-state index contributed by atoms with van der Waals surface area (Å²) in [5, 5.41) is 18.2. The van der Waals surface area contributed by atoms with E-state index in [-0.39, 0.29) is 17.1 Å². The number of nitrogens with one attached hydrogen (secondary N) is 2. The molecule has 3 nitrogen and oxygen atoms in total. The molecule has 0 radical (unpaired) electrons. The van der Waals surface area contributed by atoms with Gasteiger partial charge < -0.3 is 10.1 Å². The van der Waals surface area contributed by atoms with E-state index < -0.39 is 0 Å². The van der Waals surface area contributed by atoms with Crippen LogP contribution in [0.4, 0.5) is 4.39 Å². The van der Waals surface area contributed by atoms with E-state index >= 15 is 0 Å². The van der Waals surface area contributed by atoms with E-state index in [1.807, 2.05) is 25.1 Å². The zero-order valence-electron chi connectivity index (χ0n) is 12.0. The predicted octanol–water partition coefficient (Wildman–Crippen LogP) is 3.98. The number of aromatic hydroxyl groups is 1. The van der Waals surface area contributed by atoms with Gasteiger partial charge in [-0.25, -0.2) is 4.39 Å². The topological polar surface area (TPSA) is 59.9 Å². The standard InChI is InChI=1S/C18H15FN2O/c1-11-15(14-4-2-3-5-17(14)22)10-16(21-18(11)20)12-6-8-13(19)9-7-12/h2-10,22H,1H3,(H2,20,21). The number of halogens is 1. The van der Waals surface area contributed by atoms with Crippen molar-refractivity contribution in [3.05, 3.63) is 71.5 Å². The Morgan fingerprint density at radius 3 is 2.36 bits per heavy atom. The molecule has 3 rings (SSSR count). The third-order valence-corrected chi connectivity index (χ3v) is 3.68. The minimum absolute atomic E-state index is 0.168. The molecule has 0 unspecified atom stereocenters. The second-order valence-electron chi connectivity index (χ2n) is 5.12. The summed E-state index contributed by atoms with van der Waals surface area (Å²) < 4.78 is 13.1. The van der Waals surface area contributed by atoms with Crippen LogP contribution >= 0.6 is 0 Å². The molecule has 0 spiro atoms. The molecule has 1 heterocycles. The van der Waals surface area contributed by atoms with Gasteiger partial charge in [-0.2, -0.15) is 0 Å². The SMILES string of the molecule is Cc1c(-c2ccccc2O)cc(-c2ccc(F)cc2)[nH]c1=N. The predicted molar refractivity (Wildman–Crippen MR) is 83.9 cm³/mol. The molecular formula is C18H15FN2O. The van der Waals surface area contributed by atoms with Crippen molar-refractivity contribution >= 4 is 0 Å². The maximum Gasteiger partial charge on any atom is 0.126 e. The number of phenolic OH excluding ortho intramolecular Hbond substituents is 1. The number of aromatic nitrogens is 1. The molecule has 0 bridgehead atoms. The lowest BCUT2D eigenvalue weighted by Gasteiger charge is -2.11. The Kier molecular flexibility index (Phi) is 3.51. The van der Waals surface area contributed by atoms with Gasteiger partial charge in [0.1, 0.15) is 17.1 Å². The Labute approximate surface area is 127 Å². The van der Waals surface area contributed by atoms with E-state index in [0.717, 1.165) is 16.7 Å². The maximum atomic E-state index is 13.1. The van der Waals surface area contributed by atoms with Crippen LogP contribution in [-0.4, -0.2) is 10.1 Å². The number of hydrogen-bond donors (Lipinski definition) is 3. The summed E-state index contributed by atoms with van der Waals surface area (Å²) in [5.74, 6) is -0.135. The number of para-hydroxylation sites is 1. The Morgan fingerprint density at radius 1 is 1.00 bits per heavy atom. The average molecular weight is 294 g/mol. The molecular weight excluding hydrogens is 279 g/mol. The molecule has 0 saturated heterocycles. The first-order valence-electron chi connectivity index (χ1n) is 6.89. The second-order valence-corrected chi connectivity index (χ2v) is 5.12. The zero-order chi connectivity index (χ0) is 15.7. The number of aromatic amines is 1. The van der Waals surface area contributed by atoms with Gasteiger partial charge in [0.05, 0.1) is 0 Å². The molecule has 3 aromatic rings. The molecule has 0 aliphatic rings. The monoisotopic (exact) mass is 294 g/mol. The third kappa shape index (κ3) is 2.51. The second kappa shape index (κ2) is 5.48. The van der Waals surface area contributed by atoms with Crippen molar-refractivity contribution in [3.8, 4) is 28.1 Å². The fourth-order valence-corrected chi connectivity index (χ4v) is 2.42. The van der Waals surface area contributed by atoms with Crippen LogP contribution in [0.25, 0.3) is 22.4 Å². The Balaban J connectivity index is 2.22. The first kappa shape index (κ1) is 14.1. The van der Waals surface area contributed by atoms with Crippen LogP contribution in [0.5, 0.6) is 5.75 Å². The van der Waals surface area contributed by atoms with Crippen LogP contribution in [0.1, 0.15) is 5.56 Å². The minimum Gasteiger partial charge on any atom is -0.507 e. The molecule has 2 aromatic carbocycles. The number of phenols is 1. The molecule has 22 heavy (non-hydrogen) atoms. The number of hydrogen-bond acceptors (Lipinski definition) is 2. The van der Waals surface area contributed by atoms with E-state index in [0.29, 0.717) is 11.3 Å². The van der Waals surface area contributed by atoms with Crippen LogP contribution in [0.2, 0.25) is 0 Å². The summed E-state index contributed by atoms with van der Waals surface area (Å²) in [4.78, 5) is 3.00. The van der Waals surface area contributed by atoms with Crippen LogP contribution in [0.3, 0.4) is 0 Å². The summed E-state index contributed by atoms with van der Waals surface area (Å²) in [7, 11) is 0. The highest BCUT2D eigenvalue weighted by molar-refractivity contribution is 5.76. The van der Waals surface area contributed by atoms with E-state index in [1.54, 1.807) is 24.3 Å². The highest BCUT2D eigenvalue weighted by Gasteiger charge is 2.10. The fraction of sp³-hybridized carbons (Fsp3) is 0.0556. The van der Waals surface area contributed by atoms with Crippen LogP contribution in [-0.2, 0) is 0 Å².